The zero-order valence-electron chi connectivity index (χ0n) is 95.9. The van der Waals surface area contributed by atoms with Crippen LogP contribution in [0.3, 0.4) is 0 Å². The van der Waals surface area contributed by atoms with E-state index in [4.69, 9.17) is 86.1 Å². The summed E-state index contributed by atoms with van der Waals surface area (Å²) in [5, 5.41) is 0. The zero-order valence-corrected chi connectivity index (χ0v) is 101. The Balaban J connectivity index is -0.000000368. The van der Waals surface area contributed by atoms with Crippen molar-refractivity contribution in [1.29, 1.82) is 0 Å². The fraction of sp³-hybridized carbons (Fsp3) is 0.625. The first-order chi connectivity index (χ1) is 69.0. The van der Waals surface area contributed by atoms with E-state index in [-0.39, 0.29) is 0 Å². The van der Waals surface area contributed by atoms with Crippen LogP contribution in [0.1, 0.15) is 230 Å². The third kappa shape index (κ3) is 79.0. The van der Waals surface area contributed by atoms with Gasteiger partial charge in [0.1, 0.15) is 196 Å². The predicted molar refractivity (Wildman–Crippen MR) is 540 cm³/mol. The first-order valence-corrected chi connectivity index (χ1v) is 58.1. The van der Waals surface area contributed by atoms with E-state index in [9.17, 15) is 25.2 Å². The summed E-state index contributed by atoms with van der Waals surface area (Å²) in [5.41, 5.74) is 0. The van der Waals surface area contributed by atoms with Crippen molar-refractivity contribution in [3.05, 3.63) is 219 Å². The number of nitrogens with zero attached hydrogens (tertiary/aromatic N) is 24. The van der Waals surface area contributed by atoms with E-state index in [1.165, 1.54) is 147 Å². The molecule has 12 rings (SSSR count). The van der Waals surface area contributed by atoms with Crippen LogP contribution in [-0.4, -0.2) is 54.8 Å². The van der Waals surface area contributed by atoms with E-state index < -0.39 is 47.4 Å². The van der Waals surface area contributed by atoms with Crippen molar-refractivity contribution in [2.75, 3.05) is 0 Å². The number of aromatic nitrogens is 24. The molecule has 0 amide bonds. The summed E-state index contributed by atoms with van der Waals surface area (Å²) in [7, 11) is -8.98. The van der Waals surface area contributed by atoms with E-state index >= 15 is 0 Å². The van der Waals surface area contributed by atoms with Gasteiger partial charge >= 0.3 is 0 Å². The van der Waals surface area contributed by atoms with Gasteiger partial charge in [-0.25, -0.2) is 135 Å². The van der Waals surface area contributed by atoms with Crippen LogP contribution in [-0.2, 0) is 190 Å². The Morgan fingerprint density at radius 3 is 0.233 bits per heavy atom. The van der Waals surface area contributed by atoms with Crippen molar-refractivity contribution < 1.29 is 166 Å². The van der Waals surface area contributed by atoms with Crippen LogP contribution in [0.5, 0.6) is 0 Å². The molecule has 54 heteroatoms. The lowest BCUT2D eigenvalue weighted by Gasteiger charge is -2.15. The highest BCUT2D eigenvalue weighted by atomic mass is 31.2. The Kier molecular flexibility index (Phi) is 81.7. The molecule has 12 heterocycles. The number of hydrogen-bond donors (Lipinski definition) is 0. The van der Waals surface area contributed by atoms with Gasteiger partial charge in [0, 0.05) is 83.1 Å². The summed E-state index contributed by atoms with van der Waals surface area (Å²) < 4.78 is 164. The lowest BCUT2D eigenvalue weighted by molar-refractivity contribution is -0.677. The van der Waals surface area contributed by atoms with Gasteiger partial charge in [0.25, 0.3) is 69.9 Å². The van der Waals surface area contributed by atoms with Gasteiger partial charge < -0.3 is 86.1 Å². The van der Waals surface area contributed by atoms with E-state index in [2.05, 4.69) is 509 Å². The Labute approximate surface area is 888 Å². The highest BCUT2D eigenvalue weighted by Gasteiger charge is 2.15. The van der Waals surface area contributed by atoms with Crippen LogP contribution < -0.4 is 114 Å². The molecule has 0 unspecified atom stereocenters. The molecule has 0 aliphatic carbocycles. The Hall–Kier alpha value is -9.00. The lowest BCUT2D eigenvalue weighted by Crippen LogP contribution is -2.29. The SMILES string of the molecule is CCCn1cc[n+](C)c1C.CCCn1cc[n+](C)c1C.CCCn1cc[n+](C)c1C.CCCn1cc[n+](C)c1C.CCCn1cc[n+](C)c1C.CCCn1cc[n+](C)c1C.CCCn1cc[n+](C)c1C.CCCn1cc[n+](C)c1C.CCCn1cc[n+](C)c1C.CCCn1cc[n+](C)c1C.CCCn1cc[n+](C)c1C.CCCn1cc[n+](C)c1C.O=P([O-])([O-])F.O=P([O-])([O-])F.O=P([O-])([O-])F.O=P([O-])([O-])F.O=P([O-])([O-])F.O=P([O-])([O-])F. The van der Waals surface area contributed by atoms with Gasteiger partial charge in [-0.2, -0.15) is 0 Å². The summed E-state index contributed by atoms with van der Waals surface area (Å²) in [6.07, 6.45) is 65.0. The van der Waals surface area contributed by atoms with E-state index in [1.54, 1.807) is 0 Å². The number of imidazole rings is 12. The molecule has 0 bridgehead atoms. The summed E-state index contributed by atoms with van der Waals surface area (Å²) in [5.74, 6) is 15.9. The summed E-state index contributed by atoms with van der Waals surface area (Å²) in [6, 6.07) is 0. The highest BCUT2D eigenvalue weighted by Crippen LogP contribution is 2.25. The fourth-order valence-electron chi connectivity index (χ4n) is 12.9. The molecule has 0 N–H and O–H groups in total. The van der Waals surface area contributed by atoms with Gasteiger partial charge in [-0.15, -0.1) is 0 Å². The minimum atomic E-state index is -5.64. The van der Waals surface area contributed by atoms with Crippen molar-refractivity contribution in [3.63, 3.8) is 0 Å². The monoisotopic (exact) mass is 2260 g/mol. The molecule has 0 aromatic carbocycles. The minimum Gasteiger partial charge on any atom is -0.786 e. The quantitative estimate of drug-likeness (QED) is 0.0432. The fourth-order valence-corrected chi connectivity index (χ4v) is 12.9. The van der Waals surface area contributed by atoms with Crippen molar-refractivity contribution >= 4 is 47.4 Å². The second-order valence-corrected chi connectivity index (χ2v) is 39.5. The van der Waals surface area contributed by atoms with Crippen molar-refractivity contribution in [1.82, 2.24) is 54.8 Å². The molecule has 12 aromatic heterocycles. The second kappa shape index (κ2) is 80.8. The van der Waals surface area contributed by atoms with Crippen LogP contribution in [0.15, 0.2) is 149 Å². The van der Waals surface area contributed by atoms with Crippen LogP contribution in [0.25, 0.3) is 0 Å². The predicted octanol–water partition coefficient (Wildman–Crippen LogP) is 5.08. The average Bonchev–Trinajstić information content (AvgIpc) is 1.83. The van der Waals surface area contributed by atoms with E-state index in [1.807, 2.05) is 0 Å². The lowest BCUT2D eigenvalue weighted by atomic mass is 10.5. The van der Waals surface area contributed by atoms with Crippen LogP contribution in [0.2, 0.25) is 0 Å². The van der Waals surface area contributed by atoms with Gasteiger partial charge in [0.15, 0.2) is 0 Å². The van der Waals surface area contributed by atoms with E-state index in [0.29, 0.717) is 0 Å². The summed E-state index contributed by atoms with van der Waals surface area (Å²) >= 11 is 0. The van der Waals surface area contributed by atoms with Gasteiger partial charge in [0.2, 0.25) is 0 Å². The van der Waals surface area contributed by atoms with Gasteiger partial charge in [0.05, 0.1) is 163 Å². The molecular formula is C96H180F6N24O18P6. The molecule has 12 aromatic rings. The molecular weight excluding hydrogens is 2080 g/mol. The maximum Gasteiger partial charge on any atom is 0.253 e. The molecule has 0 aliphatic heterocycles. The molecule has 150 heavy (non-hydrogen) atoms. The Morgan fingerprint density at radius 2 is 0.207 bits per heavy atom. The first kappa shape index (κ1) is 152. The molecule has 0 saturated carbocycles. The maximum atomic E-state index is 10.1. The van der Waals surface area contributed by atoms with E-state index in [0.717, 1.165) is 78.5 Å². The largest absolute Gasteiger partial charge is 0.786 e. The molecule has 0 atom stereocenters. The number of aryl methyl sites for hydroxylation is 24. The first-order valence-electron chi connectivity index (χ1n) is 49.5. The van der Waals surface area contributed by atoms with Crippen LogP contribution >= 0.6 is 47.4 Å². The third-order valence-corrected chi connectivity index (χ3v) is 22.3. The summed E-state index contributed by atoms with van der Waals surface area (Å²) in [6.45, 7) is 65.5. The smallest absolute Gasteiger partial charge is 0.253 e. The summed E-state index contributed by atoms with van der Waals surface area (Å²) in [4.78, 5) is 101. The average molecular weight is 2260 g/mol. The van der Waals surface area contributed by atoms with Crippen LogP contribution in [0.4, 0.5) is 25.2 Å². The molecule has 0 radical (unpaired) electrons. The normalized spacial score (nSPS) is 10.6. The number of hydrogen-bond acceptors (Lipinski definition) is 18. The molecule has 42 nitrogen and oxygen atoms in total. The topological polar surface area (TPSA) is 485 Å². The Bertz CT molecular complexity index is 4640. The maximum absolute atomic E-state index is 10.1. The van der Waals surface area contributed by atoms with Gasteiger partial charge in [-0.05, 0) is 77.0 Å². The molecule has 0 spiro atoms. The highest BCUT2D eigenvalue weighted by molar-refractivity contribution is 7.43. The van der Waals surface area contributed by atoms with Crippen molar-refractivity contribution in [2.45, 2.75) is 322 Å². The van der Waals surface area contributed by atoms with Gasteiger partial charge in [-0.1, -0.05) is 83.1 Å². The molecule has 864 valence electrons. The molecule has 0 aliphatic rings. The van der Waals surface area contributed by atoms with Crippen molar-refractivity contribution in [2.24, 2.45) is 84.6 Å². The minimum absolute atomic E-state index is 1.13. The Morgan fingerprint density at radius 1 is 0.160 bits per heavy atom. The molecule has 0 saturated heterocycles. The second-order valence-electron chi connectivity index (χ2n) is 34.4. The standard InChI is InChI=1S/12C8H15N2.6FH2O3P/c12*1-4-5-10-7-6-9(3)8(10)2;6*1-5(2,3)4/h12*6-7H,4-5H2,1-3H3;6*(H2,2,3,4)/q12*+1;;;;;;/p-12. The third-order valence-electron chi connectivity index (χ3n) is 22.3. The van der Waals surface area contributed by atoms with Crippen LogP contribution in [0, 0.1) is 83.1 Å². The van der Waals surface area contributed by atoms with Gasteiger partial charge in [-0.3, -0.25) is 0 Å². The number of halogens is 6. The van der Waals surface area contributed by atoms with Crippen molar-refractivity contribution in [3.8, 4) is 0 Å². The zero-order chi connectivity index (χ0) is 118. The molecule has 0 fully saturated rings. The number of rotatable bonds is 24.